The standard InChI is InChI=1S/C24H20O/c1-3-24(19-12-5-4-6-13-19)21-15-9-7-11-18(21)17-22(24)20-14-8-10-16-23(20)25-2/h3-17H,1H2,2H3. The van der Waals surface area contributed by atoms with E-state index in [4.69, 9.17) is 4.74 Å². The third kappa shape index (κ3) is 2.24. The first-order valence-electron chi connectivity index (χ1n) is 8.45. The second-order valence-electron chi connectivity index (χ2n) is 6.22. The van der Waals surface area contributed by atoms with Crippen LogP contribution < -0.4 is 4.74 Å². The smallest absolute Gasteiger partial charge is 0.126 e. The normalized spacial score (nSPS) is 18.4. The zero-order valence-corrected chi connectivity index (χ0v) is 14.3. The molecule has 0 saturated carbocycles. The summed E-state index contributed by atoms with van der Waals surface area (Å²) in [6.07, 6.45) is 4.33. The van der Waals surface area contributed by atoms with Crippen molar-refractivity contribution in [3.63, 3.8) is 0 Å². The van der Waals surface area contributed by atoms with E-state index in [9.17, 15) is 0 Å². The molecule has 0 aromatic heterocycles. The second-order valence-corrected chi connectivity index (χ2v) is 6.22. The second kappa shape index (κ2) is 6.10. The van der Waals surface area contributed by atoms with Gasteiger partial charge in [0.05, 0.1) is 12.5 Å². The first-order chi connectivity index (χ1) is 12.3. The predicted octanol–water partition coefficient (Wildman–Crippen LogP) is 5.72. The Morgan fingerprint density at radius 1 is 0.840 bits per heavy atom. The lowest BCUT2D eigenvalue weighted by Gasteiger charge is -2.32. The summed E-state index contributed by atoms with van der Waals surface area (Å²) in [6, 6.07) is 27.3. The van der Waals surface area contributed by atoms with E-state index in [2.05, 4.69) is 79.4 Å². The number of allylic oxidation sites excluding steroid dienone is 2. The van der Waals surface area contributed by atoms with Crippen molar-refractivity contribution in [1.29, 1.82) is 0 Å². The first kappa shape index (κ1) is 15.5. The number of fused-ring (bicyclic) bond motifs is 1. The van der Waals surface area contributed by atoms with Gasteiger partial charge in [-0.2, -0.15) is 0 Å². The van der Waals surface area contributed by atoms with Crippen LogP contribution >= 0.6 is 0 Å². The van der Waals surface area contributed by atoms with Crippen molar-refractivity contribution in [3.8, 4) is 5.75 Å². The Morgan fingerprint density at radius 3 is 2.28 bits per heavy atom. The molecule has 0 radical (unpaired) electrons. The quantitative estimate of drug-likeness (QED) is 0.558. The molecule has 3 aromatic rings. The van der Waals surface area contributed by atoms with Gasteiger partial charge in [0.25, 0.3) is 0 Å². The fraction of sp³-hybridized carbons (Fsp3) is 0.0833. The van der Waals surface area contributed by atoms with Gasteiger partial charge in [0.2, 0.25) is 0 Å². The highest BCUT2D eigenvalue weighted by atomic mass is 16.5. The van der Waals surface area contributed by atoms with Gasteiger partial charge in [-0.1, -0.05) is 78.9 Å². The fourth-order valence-corrected chi connectivity index (χ4v) is 3.90. The summed E-state index contributed by atoms with van der Waals surface area (Å²) in [4.78, 5) is 0. The maximum absolute atomic E-state index is 5.66. The van der Waals surface area contributed by atoms with Gasteiger partial charge < -0.3 is 4.74 Å². The van der Waals surface area contributed by atoms with Crippen LogP contribution in [-0.2, 0) is 5.41 Å². The molecule has 3 aromatic carbocycles. The molecule has 0 saturated heterocycles. The van der Waals surface area contributed by atoms with E-state index < -0.39 is 0 Å². The van der Waals surface area contributed by atoms with Crippen LogP contribution in [0.2, 0.25) is 0 Å². The lowest BCUT2D eigenvalue weighted by atomic mass is 9.70. The average Bonchev–Trinajstić information content (AvgIpc) is 3.04. The molecule has 0 heterocycles. The highest BCUT2D eigenvalue weighted by Crippen LogP contribution is 2.53. The minimum Gasteiger partial charge on any atom is -0.496 e. The van der Waals surface area contributed by atoms with Crippen molar-refractivity contribution in [3.05, 3.63) is 114 Å². The van der Waals surface area contributed by atoms with E-state index in [1.165, 1.54) is 22.3 Å². The minimum atomic E-state index is -0.382. The number of benzene rings is 3. The number of rotatable bonds is 4. The molecular weight excluding hydrogens is 304 g/mol. The molecule has 0 N–H and O–H groups in total. The van der Waals surface area contributed by atoms with E-state index >= 15 is 0 Å². The number of ether oxygens (including phenoxy) is 1. The van der Waals surface area contributed by atoms with Crippen molar-refractivity contribution >= 4 is 11.6 Å². The largest absolute Gasteiger partial charge is 0.496 e. The van der Waals surface area contributed by atoms with Gasteiger partial charge in [-0.15, -0.1) is 6.58 Å². The monoisotopic (exact) mass is 324 g/mol. The van der Waals surface area contributed by atoms with Crippen LogP contribution in [0.15, 0.2) is 91.5 Å². The summed E-state index contributed by atoms with van der Waals surface area (Å²) in [7, 11) is 1.72. The van der Waals surface area contributed by atoms with Gasteiger partial charge in [0.15, 0.2) is 0 Å². The Morgan fingerprint density at radius 2 is 1.52 bits per heavy atom. The Hall–Kier alpha value is -3.06. The van der Waals surface area contributed by atoms with Crippen molar-refractivity contribution in [1.82, 2.24) is 0 Å². The fourth-order valence-electron chi connectivity index (χ4n) is 3.90. The van der Waals surface area contributed by atoms with E-state index in [0.29, 0.717) is 0 Å². The van der Waals surface area contributed by atoms with Crippen molar-refractivity contribution in [2.24, 2.45) is 0 Å². The highest BCUT2D eigenvalue weighted by Gasteiger charge is 2.41. The van der Waals surface area contributed by atoms with Gasteiger partial charge in [0.1, 0.15) is 5.75 Å². The van der Waals surface area contributed by atoms with Gasteiger partial charge in [-0.25, -0.2) is 0 Å². The van der Waals surface area contributed by atoms with E-state index in [1.54, 1.807) is 7.11 Å². The van der Waals surface area contributed by atoms with Gasteiger partial charge in [0, 0.05) is 5.56 Å². The molecule has 122 valence electrons. The van der Waals surface area contributed by atoms with Crippen molar-refractivity contribution in [2.75, 3.05) is 7.11 Å². The third-order valence-corrected chi connectivity index (χ3v) is 5.04. The SMILES string of the molecule is C=CC1(c2ccccc2)C(c2ccccc2OC)=Cc2ccccc21. The summed E-state index contributed by atoms with van der Waals surface area (Å²) in [5.41, 5.74) is 5.63. The lowest BCUT2D eigenvalue weighted by Crippen LogP contribution is -2.24. The molecule has 0 spiro atoms. The number of para-hydroxylation sites is 1. The topological polar surface area (TPSA) is 9.23 Å². The molecule has 0 aliphatic heterocycles. The number of hydrogen-bond donors (Lipinski definition) is 0. The summed E-state index contributed by atoms with van der Waals surface area (Å²) in [6.45, 7) is 4.24. The molecule has 0 fully saturated rings. The molecule has 1 aliphatic carbocycles. The first-order valence-corrected chi connectivity index (χ1v) is 8.45. The summed E-state index contributed by atoms with van der Waals surface area (Å²) in [5.74, 6) is 0.878. The zero-order chi connectivity index (χ0) is 17.3. The molecule has 1 heteroatoms. The predicted molar refractivity (Wildman–Crippen MR) is 105 cm³/mol. The maximum atomic E-state index is 5.66. The average molecular weight is 324 g/mol. The zero-order valence-electron chi connectivity index (χ0n) is 14.3. The lowest BCUT2D eigenvalue weighted by molar-refractivity contribution is 0.413. The highest BCUT2D eigenvalue weighted by molar-refractivity contribution is 5.99. The number of hydrogen-bond acceptors (Lipinski definition) is 1. The Kier molecular flexibility index (Phi) is 3.77. The summed E-state index contributed by atoms with van der Waals surface area (Å²) in [5, 5.41) is 0. The molecule has 1 aliphatic rings. The van der Waals surface area contributed by atoms with Gasteiger partial charge >= 0.3 is 0 Å². The maximum Gasteiger partial charge on any atom is 0.126 e. The summed E-state index contributed by atoms with van der Waals surface area (Å²) < 4.78 is 5.66. The van der Waals surface area contributed by atoms with Crippen LogP contribution in [-0.4, -0.2) is 7.11 Å². The molecule has 0 amide bonds. The third-order valence-electron chi connectivity index (χ3n) is 5.04. The Bertz CT molecular complexity index is 953. The van der Waals surface area contributed by atoms with E-state index in [1.807, 2.05) is 18.2 Å². The van der Waals surface area contributed by atoms with Crippen LogP contribution in [0.25, 0.3) is 11.6 Å². The molecule has 1 atom stereocenters. The van der Waals surface area contributed by atoms with Gasteiger partial charge in [-0.05, 0) is 34.4 Å². The molecular formula is C24H20O. The van der Waals surface area contributed by atoms with Crippen molar-refractivity contribution in [2.45, 2.75) is 5.41 Å². The van der Waals surface area contributed by atoms with Crippen molar-refractivity contribution < 1.29 is 4.74 Å². The van der Waals surface area contributed by atoms with Crippen LogP contribution in [0, 0.1) is 0 Å². The van der Waals surface area contributed by atoms with E-state index in [-0.39, 0.29) is 5.41 Å². The molecule has 1 unspecified atom stereocenters. The van der Waals surface area contributed by atoms with E-state index in [0.717, 1.165) is 11.3 Å². The molecule has 0 bridgehead atoms. The minimum absolute atomic E-state index is 0.382. The summed E-state index contributed by atoms with van der Waals surface area (Å²) >= 11 is 0. The Balaban J connectivity index is 2.05. The molecule has 1 nitrogen and oxygen atoms in total. The van der Waals surface area contributed by atoms with Crippen LogP contribution in [0.4, 0.5) is 0 Å². The molecule has 4 rings (SSSR count). The van der Waals surface area contributed by atoms with Crippen LogP contribution in [0.5, 0.6) is 5.75 Å². The van der Waals surface area contributed by atoms with Gasteiger partial charge in [-0.3, -0.25) is 0 Å². The van der Waals surface area contributed by atoms with Crippen LogP contribution in [0.3, 0.4) is 0 Å². The Labute approximate surface area is 148 Å². The van der Waals surface area contributed by atoms with Crippen LogP contribution in [0.1, 0.15) is 22.3 Å². The number of methoxy groups -OCH3 is 1. The molecule has 25 heavy (non-hydrogen) atoms.